The quantitative estimate of drug-likeness (QED) is 0.566. The number of hydrogen-bond acceptors (Lipinski definition) is 3. The maximum Gasteiger partial charge on any atom is 0.342 e. The van der Waals surface area contributed by atoms with Gasteiger partial charge in [0.15, 0.2) is 0 Å². The molecule has 0 radical (unpaired) electrons. The molecule has 0 aromatic carbocycles. The van der Waals surface area contributed by atoms with E-state index in [0.717, 1.165) is 12.0 Å². The van der Waals surface area contributed by atoms with Crippen molar-refractivity contribution in [2.75, 3.05) is 6.61 Å². The lowest BCUT2D eigenvalue weighted by Crippen LogP contribution is -2.29. The average Bonchev–Trinajstić information content (AvgIpc) is 3.02. The number of aliphatic hydroxyl groups excluding tert-OH is 1. The van der Waals surface area contributed by atoms with Gasteiger partial charge < -0.3 is 9.84 Å². The minimum absolute atomic E-state index is 0.103. The molecule has 0 unspecified atom stereocenters. The molecule has 1 N–H and O–H groups in total. The highest BCUT2D eigenvalue weighted by molar-refractivity contribution is 5.95. The molecule has 0 spiro atoms. The third kappa shape index (κ3) is 1.02. The topological polar surface area (TPSA) is 46.5 Å². The van der Waals surface area contributed by atoms with Crippen molar-refractivity contribution < 1.29 is 14.6 Å². The highest BCUT2D eigenvalue weighted by Crippen LogP contribution is 2.70. The van der Waals surface area contributed by atoms with Gasteiger partial charge in [-0.2, -0.15) is 0 Å². The summed E-state index contributed by atoms with van der Waals surface area (Å²) in [4.78, 5) is 11.7. The largest absolute Gasteiger partial charge is 0.423 e. The molecule has 3 heteroatoms. The van der Waals surface area contributed by atoms with E-state index in [-0.39, 0.29) is 18.0 Å². The predicted octanol–water partition coefficient (Wildman–Crippen LogP) is 1.95. The summed E-state index contributed by atoms with van der Waals surface area (Å²) >= 11 is 0. The van der Waals surface area contributed by atoms with Gasteiger partial charge >= 0.3 is 5.97 Å². The molecule has 0 aromatic heterocycles. The van der Waals surface area contributed by atoms with E-state index in [2.05, 4.69) is 19.6 Å². The molecule has 18 heavy (non-hydrogen) atoms. The van der Waals surface area contributed by atoms with Gasteiger partial charge in [-0.25, -0.2) is 4.79 Å². The highest BCUT2D eigenvalue weighted by atomic mass is 16.5. The molecular weight excluding hydrogens is 228 g/mol. The number of allylic oxidation sites excluding steroid dienone is 3. The number of carbonyl (C=O) groups is 1. The molecule has 2 fully saturated rings. The molecular formula is C15H16O3. The van der Waals surface area contributed by atoms with E-state index >= 15 is 0 Å². The van der Waals surface area contributed by atoms with Gasteiger partial charge in [-0.05, 0) is 42.1 Å². The fourth-order valence-electron chi connectivity index (χ4n) is 4.25. The van der Waals surface area contributed by atoms with Gasteiger partial charge in [0.1, 0.15) is 5.76 Å². The molecule has 0 saturated heterocycles. The van der Waals surface area contributed by atoms with Gasteiger partial charge in [0.05, 0.1) is 12.2 Å². The molecule has 1 aliphatic heterocycles. The Bertz CT molecular complexity index is 554. The van der Waals surface area contributed by atoms with Crippen molar-refractivity contribution in [2.45, 2.75) is 19.8 Å². The van der Waals surface area contributed by atoms with Crippen LogP contribution < -0.4 is 0 Å². The van der Waals surface area contributed by atoms with E-state index in [9.17, 15) is 9.90 Å². The Morgan fingerprint density at radius 3 is 3.11 bits per heavy atom. The first-order valence-electron chi connectivity index (χ1n) is 6.53. The fourth-order valence-corrected chi connectivity index (χ4v) is 4.25. The lowest BCUT2D eigenvalue weighted by Gasteiger charge is -2.36. The summed E-state index contributed by atoms with van der Waals surface area (Å²) in [5, 5.41) is 9.30. The number of hydrogen-bond donors (Lipinski definition) is 1. The zero-order chi connectivity index (χ0) is 12.7. The Morgan fingerprint density at radius 2 is 2.39 bits per heavy atom. The van der Waals surface area contributed by atoms with E-state index in [1.165, 1.54) is 12.0 Å². The molecule has 3 nitrogen and oxygen atoms in total. The Hall–Kier alpha value is -1.35. The minimum atomic E-state index is -0.375. The first-order chi connectivity index (χ1) is 8.56. The minimum Gasteiger partial charge on any atom is -0.423 e. The fraction of sp³-hybridized carbons (Fsp3) is 0.533. The van der Waals surface area contributed by atoms with Gasteiger partial charge in [-0.3, -0.25) is 0 Å². The molecule has 2 saturated carbocycles. The van der Waals surface area contributed by atoms with Crippen LogP contribution in [0.15, 0.2) is 35.1 Å². The third-order valence-corrected chi connectivity index (χ3v) is 5.38. The van der Waals surface area contributed by atoms with Crippen molar-refractivity contribution >= 4 is 5.97 Å². The number of esters is 1. The molecule has 4 atom stereocenters. The SMILES string of the molecule is C=C1[C@H]2CC3=C(CO)C(=O)OC3=C[C@]2(C)[C@H]2C[C@@H]12. The van der Waals surface area contributed by atoms with Gasteiger partial charge in [0.25, 0.3) is 0 Å². The van der Waals surface area contributed by atoms with E-state index < -0.39 is 0 Å². The highest BCUT2D eigenvalue weighted by Gasteiger charge is 2.63. The Labute approximate surface area is 106 Å². The van der Waals surface area contributed by atoms with E-state index in [1.807, 2.05) is 0 Å². The molecule has 94 valence electrons. The van der Waals surface area contributed by atoms with Gasteiger partial charge in [0, 0.05) is 5.57 Å². The van der Waals surface area contributed by atoms with Crippen molar-refractivity contribution in [3.05, 3.63) is 35.1 Å². The van der Waals surface area contributed by atoms with E-state index in [1.54, 1.807) is 0 Å². The molecule has 0 aromatic rings. The van der Waals surface area contributed by atoms with Crippen molar-refractivity contribution in [1.82, 2.24) is 0 Å². The van der Waals surface area contributed by atoms with Crippen LogP contribution >= 0.6 is 0 Å². The molecule has 0 amide bonds. The first kappa shape index (κ1) is 10.6. The Morgan fingerprint density at radius 1 is 1.61 bits per heavy atom. The van der Waals surface area contributed by atoms with Crippen LogP contribution in [0.5, 0.6) is 0 Å². The number of aliphatic hydroxyl groups is 1. The summed E-state index contributed by atoms with van der Waals surface area (Å²) in [6.07, 6.45) is 4.16. The van der Waals surface area contributed by atoms with E-state index in [0.29, 0.717) is 29.1 Å². The summed E-state index contributed by atoms with van der Waals surface area (Å²) in [6.45, 7) is 6.28. The molecule has 4 rings (SSSR count). The van der Waals surface area contributed by atoms with Crippen LogP contribution in [0.3, 0.4) is 0 Å². The Balaban J connectivity index is 1.86. The van der Waals surface area contributed by atoms with Crippen molar-refractivity contribution in [1.29, 1.82) is 0 Å². The molecule has 0 bridgehead atoms. The van der Waals surface area contributed by atoms with Crippen LogP contribution in [0.1, 0.15) is 19.8 Å². The summed E-state index contributed by atoms with van der Waals surface area (Å²) in [5.74, 6) is 2.09. The molecule has 3 aliphatic carbocycles. The number of fused-ring (bicyclic) bond motifs is 4. The van der Waals surface area contributed by atoms with Gasteiger partial charge in [-0.1, -0.05) is 19.1 Å². The number of ether oxygens (including phenoxy) is 1. The van der Waals surface area contributed by atoms with Crippen LogP contribution in [-0.2, 0) is 9.53 Å². The predicted molar refractivity (Wildman–Crippen MR) is 65.2 cm³/mol. The number of carbonyl (C=O) groups excluding carboxylic acids is 1. The lowest BCUT2D eigenvalue weighted by molar-refractivity contribution is -0.133. The van der Waals surface area contributed by atoms with Crippen molar-refractivity contribution in [3.8, 4) is 0 Å². The normalized spacial score (nSPS) is 44.3. The summed E-state index contributed by atoms with van der Waals surface area (Å²) in [5.41, 5.74) is 2.79. The maximum atomic E-state index is 11.7. The van der Waals surface area contributed by atoms with Crippen LogP contribution in [0.4, 0.5) is 0 Å². The average molecular weight is 244 g/mol. The molecule has 4 aliphatic rings. The zero-order valence-electron chi connectivity index (χ0n) is 10.4. The second-order valence-electron chi connectivity index (χ2n) is 6.16. The summed E-state index contributed by atoms with van der Waals surface area (Å²) in [6, 6.07) is 0. The molecule has 1 heterocycles. The smallest absolute Gasteiger partial charge is 0.342 e. The summed E-state index contributed by atoms with van der Waals surface area (Å²) in [7, 11) is 0. The van der Waals surface area contributed by atoms with Crippen molar-refractivity contribution in [3.63, 3.8) is 0 Å². The standard InChI is InChI=1S/C15H16O3/c1-7-8-3-12(8)15(2)5-13-9(4-11(7)15)10(6-16)14(17)18-13/h5,8,11-12,16H,1,3-4,6H2,2H3/t8-,11+,12-,15-/m0/s1. The second-order valence-corrected chi connectivity index (χ2v) is 6.16. The maximum absolute atomic E-state index is 11.7. The van der Waals surface area contributed by atoms with Crippen LogP contribution in [0.25, 0.3) is 0 Å². The van der Waals surface area contributed by atoms with E-state index in [4.69, 9.17) is 4.74 Å². The van der Waals surface area contributed by atoms with Crippen LogP contribution in [0, 0.1) is 23.2 Å². The first-order valence-corrected chi connectivity index (χ1v) is 6.53. The third-order valence-electron chi connectivity index (χ3n) is 5.38. The second kappa shape index (κ2) is 2.97. The van der Waals surface area contributed by atoms with Crippen LogP contribution in [-0.4, -0.2) is 17.7 Å². The zero-order valence-corrected chi connectivity index (χ0v) is 10.4. The Kier molecular flexibility index (Phi) is 1.74. The number of rotatable bonds is 1. The lowest BCUT2D eigenvalue weighted by atomic mass is 9.67. The van der Waals surface area contributed by atoms with Crippen LogP contribution in [0.2, 0.25) is 0 Å². The van der Waals surface area contributed by atoms with Gasteiger partial charge in [0.2, 0.25) is 0 Å². The van der Waals surface area contributed by atoms with Gasteiger partial charge in [-0.15, -0.1) is 0 Å². The summed E-state index contributed by atoms with van der Waals surface area (Å²) < 4.78 is 5.30. The van der Waals surface area contributed by atoms with Crippen molar-refractivity contribution in [2.24, 2.45) is 23.2 Å². The monoisotopic (exact) mass is 244 g/mol.